The second kappa shape index (κ2) is 3.05. The number of hydrogen-bond acceptors (Lipinski definition) is 2. The third-order valence-corrected chi connectivity index (χ3v) is 5.66. The van der Waals surface area contributed by atoms with Crippen LogP contribution < -0.4 is 11.1 Å². The van der Waals surface area contributed by atoms with E-state index in [0.717, 1.165) is 30.6 Å². The number of hydrogen-bond donors (Lipinski definition) is 2. The maximum absolute atomic E-state index is 12.2. The first-order chi connectivity index (χ1) is 8.07. The first kappa shape index (κ1) is 10.4. The average Bonchev–Trinajstić information content (AvgIpc) is 2.94. The Morgan fingerprint density at radius 3 is 1.88 bits per heavy atom. The van der Waals surface area contributed by atoms with Crippen molar-refractivity contribution in [2.45, 2.75) is 62.4 Å². The zero-order chi connectivity index (χ0) is 11.7. The lowest BCUT2D eigenvalue weighted by atomic mass is 9.53. The SMILES string of the molecule is NC1(C(=O)NC23CC4CC(CC(C4)C2)C3)CC1. The van der Waals surface area contributed by atoms with E-state index < -0.39 is 5.54 Å². The average molecular weight is 234 g/mol. The van der Waals surface area contributed by atoms with Crippen LogP contribution in [-0.2, 0) is 4.79 Å². The molecule has 5 aliphatic carbocycles. The third-order valence-electron chi connectivity index (χ3n) is 5.66. The van der Waals surface area contributed by atoms with Crippen LogP contribution in [0.1, 0.15) is 51.4 Å². The molecular formula is C14H22N2O. The van der Waals surface area contributed by atoms with Crippen LogP contribution in [0.25, 0.3) is 0 Å². The van der Waals surface area contributed by atoms with E-state index >= 15 is 0 Å². The number of nitrogens with one attached hydrogen (secondary N) is 1. The molecule has 3 N–H and O–H groups in total. The first-order valence-electron chi connectivity index (χ1n) is 7.18. The van der Waals surface area contributed by atoms with Crippen LogP contribution in [0.15, 0.2) is 0 Å². The van der Waals surface area contributed by atoms with Crippen molar-refractivity contribution < 1.29 is 4.79 Å². The van der Waals surface area contributed by atoms with E-state index in [4.69, 9.17) is 5.73 Å². The predicted octanol–water partition coefficient (Wildman–Crippen LogP) is 1.56. The standard InChI is InChI=1S/C14H22N2O/c15-14(1-2-14)12(17)16-13-6-9-3-10(7-13)5-11(4-9)8-13/h9-11H,1-8,15H2,(H,16,17). The van der Waals surface area contributed by atoms with Crippen molar-refractivity contribution in [2.24, 2.45) is 23.5 Å². The molecule has 17 heavy (non-hydrogen) atoms. The van der Waals surface area contributed by atoms with Gasteiger partial charge in [0.1, 0.15) is 0 Å². The first-order valence-corrected chi connectivity index (χ1v) is 7.18. The molecule has 3 heteroatoms. The van der Waals surface area contributed by atoms with Crippen molar-refractivity contribution >= 4 is 5.91 Å². The number of amides is 1. The number of carbonyl (C=O) groups excluding carboxylic acids is 1. The fourth-order valence-electron chi connectivity index (χ4n) is 4.99. The van der Waals surface area contributed by atoms with Crippen LogP contribution in [0.2, 0.25) is 0 Å². The van der Waals surface area contributed by atoms with E-state index in [1.54, 1.807) is 0 Å². The number of carbonyl (C=O) groups is 1. The molecule has 5 rings (SSSR count). The summed E-state index contributed by atoms with van der Waals surface area (Å²) in [5.41, 5.74) is 5.65. The van der Waals surface area contributed by atoms with Crippen molar-refractivity contribution in [2.75, 3.05) is 0 Å². The Bertz CT molecular complexity index is 337. The van der Waals surface area contributed by atoms with Gasteiger partial charge in [-0.3, -0.25) is 4.79 Å². The lowest BCUT2D eigenvalue weighted by Gasteiger charge is -2.57. The maximum Gasteiger partial charge on any atom is 0.240 e. The molecule has 0 aliphatic heterocycles. The van der Waals surface area contributed by atoms with Gasteiger partial charge in [0, 0.05) is 5.54 Å². The fraction of sp³-hybridized carbons (Fsp3) is 0.929. The Morgan fingerprint density at radius 1 is 1.00 bits per heavy atom. The Balaban J connectivity index is 1.54. The fourth-order valence-corrected chi connectivity index (χ4v) is 4.99. The molecule has 3 nitrogen and oxygen atoms in total. The van der Waals surface area contributed by atoms with Crippen LogP contribution in [0, 0.1) is 17.8 Å². The Morgan fingerprint density at radius 2 is 1.47 bits per heavy atom. The van der Waals surface area contributed by atoms with Gasteiger partial charge in [-0.05, 0) is 69.1 Å². The van der Waals surface area contributed by atoms with Gasteiger partial charge < -0.3 is 11.1 Å². The molecule has 0 heterocycles. The van der Waals surface area contributed by atoms with E-state index in [0.29, 0.717) is 0 Å². The van der Waals surface area contributed by atoms with Crippen LogP contribution in [-0.4, -0.2) is 17.0 Å². The minimum absolute atomic E-state index is 0.138. The summed E-state index contributed by atoms with van der Waals surface area (Å²) in [4.78, 5) is 12.2. The molecule has 1 amide bonds. The molecule has 0 aromatic rings. The van der Waals surface area contributed by atoms with Gasteiger partial charge in [-0.1, -0.05) is 0 Å². The van der Waals surface area contributed by atoms with Gasteiger partial charge in [-0.2, -0.15) is 0 Å². The highest BCUT2D eigenvalue weighted by atomic mass is 16.2. The molecule has 0 unspecified atom stereocenters. The summed E-state index contributed by atoms with van der Waals surface area (Å²) in [7, 11) is 0. The van der Waals surface area contributed by atoms with E-state index in [-0.39, 0.29) is 11.4 Å². The zero-order valence-corrected chi connectivity index (χ0v) is 10.4. The second-order valence-electron chi connectivity index (χ2n) is 7.31. The van der Waals surface area contributed by atoms with Crippen molar-refractivity contribution in [3.63, 3.8) is 0 Å². The summed E-state index contributed by atoms with van der Waals surface area (Å²) in [6, 6.07) is 0. The molecule has 0 aromatic carbocycles. The smallest absolute Gasteiger partial charge is 0.240 e. The summed E-state index contributed by atoms with van der Waals surface area (Å²) in [5, 5.41) is 3.36. The van der Waals surface area contributed by atoms with E-state index in [1.807, 2.05) is 0 Å². The van der Waals surface area contributed by atoms with Crippen LogP contribution in [0.4, 0.5) is 0 Å². The molecule has 4 bridgehead atoms. The summed E-state index contributed by atoms with van der Waals surface area (Å²) in [6.07, 6.45) is 9.69. The van der Waals surface area contributed by atoms with Gasteiger partial charge in [0.2, 0.25) is 5.91 Å². The van der Waals surface area contributed by atoms with Crippen molar-refractivity contribution in [1.29, 1.82) is 0 Å². The molecule has 5 saturated carbocycles. The molecule has 5 aliphatic rings. The zero-order valence-electron chi connectivity index (χ0n) is 10.4. The lowest BCUT2D eigenvalue weighted by Crippen LogP contribution is -2.62. The Kier molecular flexibility index (Phi) is 1.86. The Hall–Kier alpha value is -0.570. The van der Waals surface area contributed by atoms with Gasteiger partial charge in [-0.25, -0.2) is 0 Å². The number of nitrogens with two attached hydrogens (primary N) is 1. The van der Waals surface area contributed by atoms with E-state index in [2.05, 4.69) is 5.32 Å². The molecule has 0 radical (unpaired) electrons. The molecule has 0 spiro atoms. The molecule has 5 fully saturated rings. The molecule has 0 atom stereocenters. The van der Waals surface area contributed by atoms with Crippen LogP contribution in [0.5, 0.6) is 0 Å². The highest BCUT2D eigenvalue weighted by molar-refractivity contribution is 5.89. The van der Waals surface area contributed by atoms with E-state index in [9.17, 15) is 4.79 Å². The predicted molar refractivity (Wildman–Crippen MR) is 65.2 cm³/mol. The Labute approximate surface area is 103 Å². The van der Waals surface area contributed by atoms with Gasteiger partial charge in [-0.15, -0.1) is 0 Å². The summed E-state index contributed by atoms with van der Waals surface area (Å²) in [6.45, 7) is 0. The highest BCUT2D eigenvalue weighted by Crippen LogP contribution is 2.55. The van der Waals surface area contributed by atoms with Crippen molar-refractivity contribution in [1.82, 2.24) is 5.32 Å². The minimum Gasteiger partial charge on any atom is -0.349 e. The van der Waals surface area contributed by atoms with Gasteiger partial charge in [0.25, 0.3) is 0 Å². The molecular weight excluding hydrogens is 212 g/mol. The molecule has 0 aromatic heterocycles. The monoisotopic (exact) mass is 234 g/mol. The summed E-state index contributed by atoms with van der Waals surface area (Å²) < 4.78 is 0. The van der Waals surface area contributed by atoms with Crippen LogP contribution >= 0.6 is 0 Å². The second-order valence-corrected chi connectivity index (χ2v) is 7.31. The number of rotatable bonds is 2. The van der Waals surface area contributed by atoms with Crippen LogP contribution in [0.3, 0.4) is 0 Å². The quantitative estimate of drug-likeness (QED) is 0.762. The highest BCUT2D eigenvalue weighted by Gasteiger charge is 2.54. The summed E-state index contributed by atoms with van der Waals surface area (Å²) in [5.74, 6) is 2.79. The normalized spacial score (nSPS) is 49.1. The maximum atomic E-state index is 12.2. The largest absolute Gasteiger partial charge is 0.349 e. The summed E-state index contributed by atoms with van der Waals surface area (Å²) >= 11 is 0. The minimum atomic E-state index is -0.497. The van der Waals surface area contributed by atoms with E-state index in [1.165, 1.54) is 38.5 Å². The lowest BCUT2D eigenvalue weighted by molar-refractivity contribution is -0.129. The van der Waals surface area contributed by atoms with Gasteiger partial charge in [0.05, 0.1) is 5.54 Å². The van der Waals surface area contributed by atoms with Crippen molar-refractivity contribution in [3.8, 4) is 0 Å². The molecule has 0 saturated heterocycles. The molecule has 94 valence electrons. The van der Waals surface area contributed by atoms with Gasteiger partial charge in [0.15, 0.2) is 0 Å². The third kappa shape index (κ3) is 1.55. The topological polar surface area (TPSA) is 55.1 Å². The van der Waals surface area contributed by atoms with Gasteiger partial charge >= 0.3 is 0 Å². The van der Waals surface area contributed by atoms with Crippen molar-refractivity contribution in [3.05, 3.63) is 0 Å².